The fourth-order valence-electron chi connectivity index (χ4n) is 1.38. The minimum atomic E-state index is -0.415. The monoisotopic (exact) mass is 182 g/mol. The summed E-state index contributed by atoms with van der Waals surface area (Å²) in [5, 5.41) is 0. The van der Waals surface area contributed by atoms with Crippen molar-refractivity contribution in [2.45, 2.75) is 33.1 Å². The summed E-state index contributed by atoms with van der Waals surface area (Å²) in [6, 6.07) is 0. The molecule has 1 aromatic heterocycles. The van der Waals surface area contributed by atoms with Gasteiger partial charge in [0.25, 0.3) is 5.56 Å². The van der Waals surface area contributed by atoms with Crippen molar-refractivity contribution in [1.82, 2.24) is 9.97 Å². The Balaban J connectivity index is 3.30. The van der Waals surface area contributed by atoms with Gasteiger partial charge in [-0.25, -0.2) is 4.79 Å². The van der Waals surface area contributed by atoms with Crippen LogP contribution in [0.2, 0.25) is 0 Å². The zero-order chi connectivity index (χ0) is 9.84. The van der Waals surface area contributed by atoms with Gasteiger partial charge in [0.1, 0.15) is 0 Å². The van der Waals surface area contributed by atoms with Crippen LogP contribution in [0.1, 0.15) is 31.5 Å². The highest BCUT2D eigenvalue weighted by Gasteiger charge is 2.05. The molecular formula is C9H14N2O2. The zero-order valence-electron chi connectivity index (χ0n) is 7.94. The summed E-state index contributed by atoms with van der Waals surface area (Å²) < 4.78 is 0. The molecule has 0 atom stereocenters. The van der Waals surface area contributed by atoms with E-state index >= 15 is 0 Å². The van der Waals surface area contributed by atoms with Crippen molar-refractivity contribution >= 4 is 0 Å². The zero-order valence-corrected chi connectivity index (χ0v) is 7.94. The molecule has 1 rings (SSSR count). The Labute approximate surface area is 76.0 Å². The lowest BCUT2D eigenvalue weighted by Gasteiger charge is -2.03. The predicted molar refractivity (Wildman–Crippen MR) is 51.1 cm³/mol. The highest BCUT2D eigenvalue weighted by molar-refractivity contribution is 5.16. The molecule has 1 aromatic rings. The average molecular weight is 182 g/mol. The second-order valence-electron chi connectivity index (χ2n) is 2.97. The van der Waals surface area contributed by atoms with Gasteiger partial charge in [0.2, 0.25) is 0 Å². The van der Waals surface area contributed by atoms with E-state index < -0.39 is 5.69 Å². The lowest BCUT2D eigenvalue weighted by molar-refractivity contribution is 0.826. The third-order valence-electron chi connectivity index (χ3n) is 1.98. The fourth-order valence-corrected chi connectivity index (χ4v) is 1.38. The lowest BCUT2D eigenvalue weighted by atomic mass is 10.1. The van der Waals surface area contributed by atoms with Crippen LogP contribution in [0.5, 0.6) is 0 Å². The number of rotatable bonds is 3. The molecule has 0 unspecified atom stereocenters. The molecule has 4 heteroatoms. The SMILES string of the molecule is CCCc1c(CC)[nH]c(=O)[nH]c1=O. The molecule has 0 fully saturated rings. The van der Waals surface area contributed by atoms with Crippen molar-refractivity contribution < 1.29 is 0 Å². The molecular weight excluding hydrogens is 168 g/mol. The highest BCUT2D eigenvalue weighted by atomic mass is 16.2. The van der Waals surface area contributed by atoms with Gasteiger partial charge in [-0.3, -0.25) is 9.78 Å². The van der Waals surface area contributed by atoms with Crippen LogP contribution in [0.25, 0.3) is 0 Å². The minimum Gasteiger partial charge on any atom is -0.311 e. The van der Waals surface area contributed by atoms with E-state index in [0.717, 1.165) is 18.5 Å². The van der Waals surface area contributed by atoms with Crippen molar-refractivity contribution in [3.8, 4) is 0 Å². The molecule has 0 amide bonds. The third-order valence-corrected chi connectivity index (χ3v) is 1.98. The molecule has 2 N–H and O–H groups in total. The Bertz CT molecular complexity index is 389. The summed E-state index contributed by atoms with van der Waals surface area (Å²) in [4.78, 5) is 27.1. The Kier molecular flexibility index (Phi) is 3.06. The van der Waals surface area contributed by atoms with Crippen LogP contribution in [0.4, 0.5) is 0 Å². The van der Waals surface area contributed by atoms with Crippen molar-refractivity contribution in [1.29, 1.82) is 0 Å². The van der Waals surface area contributed by atoms with E-state index in [1.54, 1.807) is 0 Å². The maximum atomic E-state index is 11.3. The number of aromatic amines is 2. The summed E-state index contributed by atoms with van der Waals surface area (Å²) in [5.41, 5.74) is 0.810. The molecule has 0 aliphatic rings. The minimum absolute atomic E-state index is 0.248. The maximum absolute atomic E-state index is 11.3. The summed E-state index contributed by atoms with van der Waals surface area (Å²) in [7, 11) is 0. The summed E-state index contributed by atoms with van der Waals surface area (Å²) >= 11 is 0. The Hall–Kier alpha value is -1.32. The first kappa shape index (κ1) is 9.77. The van der Waals surface area contributed by atoms with Crippen LogP contribution in [-0.4, -0.2) is 9.97 Å². The Morgan fingerprint density at radius 1 is 1.15 bits per heavy atom. The Morgan fingerprint density at radius 3 is 2.38 bits per heavy atom. The van der Waals surface area contributed by atoms with E-state index in [0.29, 0.717) is 12.0 Å². The predicted octanol–water partition coefficient (Wildman–Crippen LogP) is 0.578. The van der Waals surface area contributed by atoms with Crippen LogP contribution in [0.3, 0.4) is 0 Å². The largest absolute Gasteiger partial charge is 0.325 e. The lowest BCUT2D eigenvalue weighted by Crippen LogP contribution is -2.27. The first-order chi connectivity index (χ1) is 6.19. The van der Waals surface area contributed by atoms with E-state index in [2.05, 4.69) is 9.97 Å². The van der Waals surface area contributed by atoms with E-state index in [1.165, 1.54) is 0 Å². The number of aryl methyl sites for hydroxylation is 1. The molecule has 0 aliphatic carbocycles. The van der Waals surface area contributed by atoms with Gasteiger partial charge in [-0.1, -0.05) is 20.3 Å². The van der Waals surface area contributed by atoms with Gasteiger partial charge in [-0.05, 0) is 12.8 Å². The second kappa shape index (κ2) is 4.07. The quantitative estimate of drug-likeness (QED) is 0.718. The average Bonchev–Trinajstić information content (AvgIpc) is 2.09. The molecule has 72 valence electrons. The van der Waals surface area contributed by atoms with Gasteiger partial charge in [0, 0.05) is 11.3 Å². The van der Waals surface area contributed by atoms with E-state index in [1.807, 2.05) is 13.8 Å². The molecule has 0 radical (unpaired) electrons. The van der Waals surface area contributed by atoms with Gasteiger partial charge < -0.3 is 4.98 Å². The van der Waals surface area contributed by atoms with E-state index in [4.69, 9.17) is 0 Å². The molecule has 0 spiro atoms. The van der Waals surface area contributed by atoms with Crippen molar-refractivity contribution in [2.75, 3.05) is 0 Å². The van der Waals surface area contributed by atoms with Gasteiger partial charge in [0.15, 0.2) is 0 Å². The number of nitrogens with one attached hydrogen (secondary N) is 2. The van der Waals surface area contributed by atoms with E-state index in [9.17, 15) is 9.59 Å². The summed E-state index contributed by atoms with van der Waals surface area (Å²) in [5.74, 6) is 0. The number of hydrogen-bond donors (Lipinski definition) is 2. The van der Waals surface area contributed by atoms with Crippen LogP contribution in [0.15, 0.2) is 9.59 Å². The molecule has 0 aliphatic heterocycles. The van der Waals surface area contributed by atoms with Crippen LogP contribution in [0, 0.1) is 0 Å². The number of hydrogen-bond acceptors (Lipinski definition) is 2. The topological polar surface area (TPSA) is 65.7 Å². The molecule has 0 bridgehead atoms. The van der Waals surface area contributed by atoms with Crippen molar-refractivity contribution in [3.05, 3.63) is 32.1 Å². The normalized spacial score (nSPS) is 10.3. The summed E-state index contributed by atoms with van der Waals surface area (Å²) in [6.45, 7) is 3.92. The van der Waals surface area contributed by atoms with Gasteiger partial charge in [-0.2, -0.15) is 0 Å². The third kappa shape index (κ3) is 2.08. The maximum Gasteiger partial charge on any atom is 0.325 e. The van der Waals surface area contributed by atoms with Gasteiger partial charge in [-0.15, -0.1) is 0 Å². The van der Waals surface area contributed by atoms with Crippen molar-refractivity contribution in [2.24, 2.45) is 0 Å². The fraction of sp³-hybridized carbons (Fsp3) is 0.556. The van der Waals surface area contributed by atoms with Crippen LogP contribution < -0.4 is 11.2 Å². The van der Waals surface area contributed by atoms with Crippen LogP contribution in [-0.2, 0) is 12.8 Å². The highest BCUT2D eigenvalue weighted by Crippen LogP contribution is 2.01. The molecule has 0 saturated heterocycles. The number of aromatic nitrogens is 2. The molecule has 1 heterocycles. The van der Waals surface area contributed by atoms with Crippen molar-refractivity contribution in [3.63, 3.8) is 0 Å². The smallest absolute Gasteiger partial charge is 0.311 e. The standard InChI is InChI=1S/C9H14N2O2/c1-3-5-6-7(4-2)10-9(13)11-8(6)12/h3-5H2,1-2H3,(H2,10,11,12,13). The Morgan fingerprint density at radius 2 is 1.85 bits per heavy atom. The second-order valence-corrected chi connectivity index (χ2v) is 2.97. The van der Waals surface area contributed by atoms with Gasteiger partial charge >= 0.3 is 5.69 Å². The first-order valence-electron chi connectivity index (χ1n) is 4.53. The first-order valence-corrected chi connectivity index (χ1v) is 4.53. The van der Waals surface area contributed by atoms with Gasteiger partial charge in [0.05, 0.1) is 0 Å². The van der Waals surface area contributed by atoms with Crippen LogP contribution >= 0.6 is 0 Å². The summed E-state index contributed by atoms with van der Waals surface area (Å²) in [6.07, 6.45) is 2.31. The molecule has 4 nitrogen and oxygen atoms in total. The molecule has 13 heavy (non-hydrogen) atoms. The van der Waals surface area contributed by atoms with E-state index in [-0.39, 0.29) is 5.56 Å². The molecule has 0 aromatic carbocycles. The molecule has 0 saturated carbocycles. The number of H-pyrrole nitrogens is 2.